The maximum atomic E-state index is 5.89. The molecule has 0 fully saturated rings. The first-order chi connectivity index (χ1) is 9.11. The molecule has 2 aromatic carbocycles. The smallest absolute Gasteiger partial charge is 0.0934 e. The van der Waals surface area contributed by atoms with Crippen LogP contribution in [0.3, 0.4) is 0 Å². The summed E-state index contributed by atoms with van der Waals surface area (Å²) in [6.07, 6.45) is 2.07. The van der Waals surface area contributed by atoms with Crippen LogP contribution in [0.1, 0.15) is 11.1 Å². The standard InChI is InChI=1S/C15H12BrClN2/c1-10-6-12-9-19(18-15(12)7-14(10)16)8-11-2-4-13(17)5-3-11/h2-7,9H,8H2,1H3. The molecule has 0 saturated carbocycles. The van der Waals surface area contributed by atoms with Gasteiger partial charge in [-0.05, 0) is 42.3 Å². The highest BCUT2D eigenvalue weighted by Crippen LogP contribution is 2.23. The second-order valence-electron chi connectivity index (χ2n) is 4.61. The largest absolute Gasteiger partial charge is 0.267 e. The Kier molecular flexibility index (Phi) is 3.33. The van der Waals surface area contributed by atoms with Gasteiger partial charge < -0.3 is 0 Å². The van der Waals surface area contributed by atoms with Gasteiger partial charge in [-0.15, -0.1) is 0 Å². The minimum atomic E-state index is 0.752. The second kappa shape index (κ2) is 4.99. The summed E-state index contributed by atoms with van der Waals surface area (Å²) in [5, 5.41) is 6.51. The Morgan fingerprint density at radius 2 is 1.95 bits per heavy atom. The summed E-state index contributed by atoms with van der Waals surface area (Å²) in [7, 11) is 0. The van der Waals surface area contributed by atoms with Crippen LogP contribution in [0.2, 0.25) is 5.02 Å². The molecule has 0 saturated heterocycles. The number of halogens is 2. The Hall–Kier alpha value is -1.32. The van der Waals surface area contributed by atoms with Gasteiger partial charge in [-0.3, -0.25) is 4.68 Å². The Morgan fingerprint density at radius 1 is 1.21 bits per heavy atom. The SMILES string of the molecule is Cc1cc2cn(Cc3ccc(Cl)cc3)nc2cc1Br. The number of aryl methyl sites for hydroxylation is 1. The van der Waals surface area contributed by atoms with Gasteiger partial charge in [0.15, 0.2) is 0 Å². The second-order valence-corrected chi connectivity index (χ2v) is 5.90. The lowest BCUT2D eigenvalue weighted by atomic mass is 10.2. The molecule has 0 N–H and O–H groups in total. The van der Waals surface area contributed by atoms with E-state index in [0.717, 1.165) is 26.9 Å². The van der Waals surface area contributed by atoms with Crippen molar-refractivity contribution in [2.45, 2.75) is 13.5 Å². The van der Waals surface area contributed by atoms with Crippen LogP contribution in [0, 0.1) is 6.92 Å². The van der Waals surface area contributed by atoms with E-state index in [1.807, 2.05) is 28.9 Å². The number of aromatic nitrogens is 2. The molecular formula is C15H12BrClN2. The highest BCUT2D eigenvalue weighted by atomic mass is 79.9. The Morgan fingerprint density at radius 3 is 2.68 bits per heavy atom. The van der Waals surface area contributed by atoms with Crippen LogP contribution in [-0.4, -0.2) is 9.78 Å². The molecule has 0 bridgehead atoms. The molecule has 1 heterocycles. The van der Waals surface area contributed by atoms with Crippen molar-refractivity contribution < 1.29 is 0 Å². The predicted molar refractivity (Wildman–Crippen MR) is 82.7 cm³/mol. The van der Waals surface area contributed by atoms with Gasteiger partial charge in [0.25, 0.3) is 0 Å². The van der Waals surface area contributed by atoms with Crippen molar-refractivity contribution in [1.82, 2.24) is 9.78 Å². The topological polar surface area (TPSA) is 17.8 Å². The lowest BCUT2D eigenvalue weighted by molar-refractivity contribution is 0.696. The number of fused-ring (bicyclic) bond motifs is 1. The first-order valence-corrected chi connectivity index (χ1v) is 7.17. The van der Waals surface area contributed by atoms with E-state index in [1.165, 1.54) is 11.1 Å². The fraction of sp³-hybridized carbons (Fsp3) is 0.133. The fourth-order valence-electron chi connectivity index (χ4n) is 2.07. The number of rotatable bonds is 2. The molecule has 19 heavy (non-hydrogen) atoms. The van der Waals surface area contributed by atoms with E-state index in [2.05, 4.69) is 46.3 Å². The van der Waals surface area contributed by atoms with Crippen LogP contribution in [-0.2, 0) is 6.54 Å². The normalized spacial score (nSPS) is 11.1. The lowest BCUT2D eigenvalue weighted by Crippen LogP contribution is -1.99. The molecule has 1 aromatic heterocycles. The van der Waals surface area contributed by atoms with Crippen molar-refractivity contribution >= 4 is 38.4 Å². The summed E-state index contributed by atoms with van der Waals surface area (Å²) in [5.74, 6) is 0. The summed E-state index contributed by atoms with van der Waals surface area (Å²) in [6, 6.07) is 12.1. The van der Waals surface area contributed by atoms with E-state index >= 15 is 0 Å². The maximum Gasteiger partial charge on any atom is 0.0934 e. The highest BCUT2D eigenvalue weighted by Gasteiger charge is 2.04. The molecule has 4 heteroatoms. The molecule has 0 amide bonds. The fourth-order valence-corrected chi connectivity index (χ4v) is 2.53. The molecule has 0 radical (unpaired) electrons. The van der Waals surface area contributed by atoms with Crippen LogP contribution in [0.4, 0.5) is 0 Å². The zero-order valence-corrected chi connectivity index (χ0v) is 12.7. The van der Waals surface area contributed by atoms with E-state index in [0.29, 0.717) is 0 Å². The molecule has 0 unspecified atom stereocenters. The van der Waals surface area contributed by atoms with Crippen molar-refractivity contribution in [3.8, 4) is 0 Å². The third kappa shape index (κ3) is 2.67. The van der Waals surface area contributed by atoms with Crippen molar-refractivity contribution in [3.05, 3.63) is 63.2 Å². The predicted octanol–water partition coefficient (Wildman–Crippen LogP) is 4.81. The minimum absolute atomic E-state index is 0.752. The molecule has 3 aromatic rings. The molecule has 0 spiro atoms. The molecule has 2 nitrogen and oxygen atoms in total. The first-order valence-electron chi connectivity index (χ1n) is 5.99. The van der Waals surface area contributed by atoms with Crippen molar-refractivity contribution in [2.24, 2.45) is 0 Å². The molecule has 0 aliphatic heterocycles. The van der Waals surface area contributed by atoms with E-state index in [-0.39, 0.29) is 0 Å². The highest BCUT2D eigenvalue weighted by molar-refractivity contribution is 9.10. The van der Waals surface area contributed by atoms with Crippen LogP contribution >= 0.6 is 27.5 Å². The van der Waals surface area contributed by atoms with Crippen LogP contribution in [0.15, 0.2) is 47.1 Å². The van der Waals surface area contributed by atoms with Crippen molar-refractivity contribution in [2.75, 3.05) is 0 Å². The third-order valence-electron chi connectivity index (χ3n) is 3.09. The molecule has 0 aliphatic carbocycles. The number of hydrogen-bond acceptors (Lipinski definition) is 1. The zero-order chi connectivity index (χ0) is 13.4. The molecule has 0 atom stereocenters. The van der Waals surface area contributed by atoms with Crippen LogP contribution in [0.25, 0.3) is 10.9 Å². The van der Waals surface area contributed by atoms with E-state index < -0.39 is 0 Å². The average molecular weight is 336 g/mol. The third-order valence-corrected chi connectivity index (χ3v) is 4.20. The van der Waals surface area contributed by atoms with Crippen molar-refractivity contribution in [1.29, 1.82) is 0 Å². The first kappa shape index (κ1) is 12.7. The Balaban J connectivity index is 1.95. The Labute approximate surface area is 125 Å². The van der Waals surface area contributed by atoms with Crippen LogP contribution in [0.5, 0.6) is 0 Å². The number of benzene rings is 2. The van der Waals surface area contributed by atoms with Crippen molar-refractivity contribution in [3.63, 3.8) is 0 Å². The quantitative estimate of drug-likeness (QED) is 0.657. The number of hydrogen-bond donors (Lipinski definition) is 0. The monoisotopic (exact) mass is 334 g/mol. The summed E-state index contributed by atoms with van der Waals surface area (Å²) >= 11 is 9.42. The average Bonchev–Trinajstić information content (AvgIpc) is 2.74. The minimum Gasteiger partial charge on any atom is -0.267 e. The maximum absolute atomic E-state index is 5.89. The number of nitrogens with zero attached hydrogens (tertiary/aromatic N) is 2. The van der Waals surface area contributed by atoms with Gasteiger partial charge in [0, 0.05) is 21.1 Å². The van der Waals surface area contributed by atoms with Gasteiger partial charge in [-0.2, -0.15) is 5.10 Å². The lowest BCUT2D eigenvalue weighted by Gasteiger charge is -2.01. The molecule has 0 aliphatic rings. The summed E-state index contributed by atoms with van der Waals surface area (Å²) in [6.45, 7) is 2.84. The summed E-state index contributed by atoms with van der Waals surface area (Å²) < 4.78 is 3.05. The van der Waals surface area contributed by atoms with Gasteiger partial charge >= 0.3 is 0 Å². The van der Waals surface area contributed by atoms with Gasteiger partial charge in [-0.1, -0.05) is 39.7 Å². The van der Waals surface area contributed by atoms with Gasteiger partial charge in [0.2, 0.25) is 0 Å². The molecular weight excluding hydrogens is 324 g/mol. The van der Waals surface area contributed by atoms with Crippen LogP contribution < -0.4 is 0 Å². The zero-order valence-electron chi connectivity index (χ0n) is 10.4. The molecule has 3 rings (SSSR count). The van der Waals surface area contributed by atoms with Gasteiger partial charge in [0.05, 0.1) is 12.1 Å². The van der Waals surface area contributed by atoms with Gasteiger partial charge in [-0.25, -0.2) is 0 Å². The van der Waals surface area contributed by atoms with Gasteiger partial charge in [0.1, 0.15) is 0 Å². The molecule has 96 valence electrons. The van der Waals surface area contributed by atoms with E-state index in [1.54, 1.807) is 0 Å². The van der Waals surface area contributed by atoms with E-state index in [4.69, 9.17) is 11.6 Å². The Bertz CT molecular complexity index is 693. The summed E-state index contributed by atoms with van der Waals surface area (Å²) in [4.78, 5) is 0. The van der Waals surface area contributed by atoms with E-state index in [9.17, 15) is 0 Å². The summed E-state index contributed by atoms with van der Waals surface area (Å²) in [5.41, 5.74) is 3.41.